The molecule has 0 aliphatic carbocycles. The van der Waals surface area contributed by atoms with Gasteiger partial charge in [0, 0.05) is 5.56 Å². The van der Waals surface area contributed by atoms with Gasteiger partial charge >= 0.3 is 0 Å². The maximum absolute atomic E-state index is 5.92. The minimum Gasteiger partial charge on any atom is -0.488 e. The Morgan fingerprint density at radius 3 is 2.58 bits per heavy atom. The highest BCUT2D eigenvalue weighted by atomic mass is 16.5. The molecule has 0 atom stereocenters. The minimum absolute atomic E-state index is 0.583. The van der Waals surface area contributed by atoms with Crippen molar-refractivity contribution in [3.63, 3.8) is 0 Å². The fourth-order valence-corrected chi connectivity index (χ4v) is 1.89. The summed E-state index contributed by atoms with van der Waals surface area (Å²) in [7, 11) is 0. The Labute approximate surface area is 114 Å². The lowest BCUT2D eigenvalue weighted by atomic mass is 10.1. The number of aryl methyl sites for hydroxylation is 1. The van der Waals surface area contributed by atoms with E-state index in [4.69, 9.17) is 4.74 Å². The van der Waals surface area contributed by atoms with Crippen molar-refractivity contribution in [2.45, 2.75) is 13.5 Å². The SMILES string of the molecule is C=C/C=C\c1c(C)cccc1OCc1ccccc1. The van der Waals surface area contributed by atoms with Crippen LogP contribution >= 0.6 is 0 Å². The van der Waals surface area contributed by atoms with Crippen LogP contribution < -0.4 is 4.74 Å². The molecule has 0 heterocycles. The van der Waals surface area contributed by atoms with Gasteiger partial charge in [0.15, 0.2) is 0 Å². The van der Waals surface area contributed by atoms with Gasteiger partial charge in [0.1, 0.15) is 12.4 Å². The van der Waals surface area contributed by atoms with Crippen LogP contribution in [0.2, 0.25) is 0 Å². The van der Waals surface area contributed by atoms with Gasteiger partial charge in [0.2, 0.25) is 0 Å². The molecule has 1 nitrogen and oxygen atoms in total. The summed E-state index contributed by atoms with van der Waals surface area (Å²) in [6.07, 6.45) is 5.73. The number of hydrogen-bond acceptors (Lipinski definition) is 1. The summed E-state index contributed by atoms with van der Waals surface area (Å²) in [5, 5.41) is 0. The van der Waals surface area contributed by atoms with Gasteiger partial charge in [-0.25, -0.2) is 0 Å². The maximum Gasteiger partial charge on any atom is 0.127 e. The molecule has 0 N–H and O–H groups in total. The van der Waals surface area contributed by atoms with E-state index in [9.17, 15) is 0 Å². The van der Waals surface area contributed by atoms with Gasteiger partial charge in [-0.1, -0.05) is 67.3 Å². The molecule has 0 fully saturated rings. The van der Waals surface area contributed by atoms with E-state index in [2.05, 4.69) is 31.7 Å². The van der Waals surface area contributed by atoms with Gasteiger partial charge in [-0.05, 0) is 24.1 Å². The smallest absolute Gasteiger partial charge is 0.127 e. The molecular weight excluding hydrogens is 232 g/mol. The molecule has 2 aromatic rings. The lowest BCUT2D eigenvalue weighted by molar-refractivity contribution is 0.305. The number of ether oxygens (including phenoxy) is 1. The van der Waals surface area contributed by atoms with Crippen molar-refractivity contribution in [1.29, 1.82) is 0 Å². The third-order valence-corrected chi connectivity index (χ3v) is 2.92. The molecule has 0 radical (unpaired) electrons. The van der Waals surface area contributed by atoms with Crippen LogP contribution in [0.3, 0.4) is 0 Å². The molecule has 2 aromatic carbocycles. The van der Waals surface area contributed by atoms with Crippen LogP contribution in [0.25, 0.3) is 6.08 Å². The summed E-state index contributed by atoms with van der Waals surface area (Å²) >= 11 is 0. The zero-order valence-electron chi connectivity index (χ0n) is 11.2. The van der Waals surface area contributed by atoms with Crippen molar-refractivity contribution in [1.82, 2.24) is 0 Å². The summed E-state index contributed by atoms with van der Waals surface area (Å²) in [5.74, 6) is 0.905. The zero-order chi connectivity index (χ0) is 13.5. The van der Waals surface area contributed by atoms with E-state index in [1.54, 1.807) is 6.08 Å². The lowest BCUT2D eigenvalue weighted by Gasteiger charge is -2.11. The Hall–Kier alpha value is -2.28. The fraction of sp³-hybridized carbons (Fsp3) is 0.111. The number of benzene rings is 2. The predicted octanol–water partition coefficient (Wildman–Crippen LogP) is 4.77. The Bertz CT molecular complexity index is 567. The first-order chi connectivity index (χ1) is 9.31. The number of rotatable bonds is 5. The van der Waals surface area contributed by atoms with Crippen LogP contribution in [0.15, 0.2) is 67.3 Å². The first-order valence-electron chi connectivity index (χ1n) is 6.36. The second-order valence-corrected chi connectivity index (χ2v) is 4.36. The first kappa shape index (κ1) is 13.2. The van der Waals surface area contributed by atoms with Gasteiger partial charge in [-0.2, -0.15) is 0 Å². The Balaban J connectivity index is 2.18. The van der Waals surface area contributed by atoms with E-state index >= 15 is 0 Å². The molecule has 0 saturated heterocycles. The van der Waals surface area contributed by atoms with Crippen molar-refractivity contribution in [2.75, 3.05) is 0 Å². The average Bonchev–Trinajstić information content (AvgIpc) is 2.45. The molecule has 0 amide bonds. The molecule has 1 heteroatoms. The highest BCUT2D eigenvalue weighted by Crippen LogP contribution is 2.24. The molecule has 0 aromatic heterocycles. The monoisotopic (exact) mass is 250 g/mol. The van der Waals surface area contributed by atoms with Crippen LogP contribution in [0, 0.1) is 6.92 Å². The van der Waals surface area contributed by atoms with Gasteiger partial charge in [-0.15, -0.1) is 0 Å². The normalized spacial score (nSPS) is 10.6. The third-order valence-electron chi connectivity index (χ3n) is 2.92. The molecule has 2 rings (SSSR count). The predicted molar refractivity (Wildman–Crippen MR) is 81.2 cm³/mol. The van der Waals surface area contributed by atoms with Crippen LogP contribution in [0.1, 0.15) is 16.7 Å². The van der Waals surface area contributed by atoms with E-state index in [1.807, 2.05) is 42.5 Å². The standard InChI is InChI=1S/C18H18O/c1-3-4-12-17-15(2)9-8-13-18(17)19-14-16-10-6-5-7-11-16/h3-13H,1,14H2,2H3/b12-4-. The molecular formula is C18H18O. The van der Waals surface area contributed by atoms with Gasteiger partial charge < -0.3 is 4.74 Å². The summed E-state index contributed by atoms with van der Waals surface area (Å²) in [6, 6.07) is 16.3. The second-order valence-electron chi connectivity index (χ2n) is 4.36. The third kappa shape index (κ3) is 3.59. The second kappa shape index (κ2) is 6.60. The summed E-state index contributed by atoms with van der Waals surface area (Å²) in [4.78, 5) is 0. The minimum atomic E-state index is 0.583. The highest BCUT2D eigenvalue weighted by Gasteiger charge is 2.03. The number of allylic oxidation sites excluding steroid dienone is 2. The van der Waals surface area contributed by atoms with E-state index in [0.29, 0.717) is 6.61 Å². The molecule has 0 aliphatic rings. The zero-order valence-corrected chi connectivity index (χ0v) is 11.2. The molecule has 0 bridgehead atoms. The van der Waals surface area contributed by atoms with Crippen molar-refractivity contribution in [2.24, 2.45) is 0 Å². The van der Waals surface area contributed by atoms with Crippen LogP contribution in [0.4, 0.5) is 0 Å². The lowest BCUT2D eigenvalue weighted by Crippen LogP contribution is -1.97. The van der Waals surface area contributed by atoms with Gasteiger partial charge in [-0.3, -0.25) is 0 Å². The van der Waals surface area contributed by atoms with E-state index in [1.165, 1.54) is 11.1 Å². The molecule has 96 valence electrons. The van der Waals surface area contributed by atoms with Gasteiger partial charge in [0.05, 0.1) is 0 Å². The summed E-state index contributed by atoms with van der Waals surface area (Å²) < 4.78 is 5.92. The van der Waals surface area contributed by atoms with Crippen LogP contribution in [0.5, 0.6) is 5.75 Å². The van der Waals surface area contributed by atoms with E-state index < -0.39 is 0 Å². The fourth-order valence-electron chi connectivity index (χ4n) is 1.89. The number of hydrogen-bond donors (Lipinski definition) is 0. The Kier molecular flexibility index (Phi) is 4.57. The summed E-state index contributed by atoms with van der Waals surface area (Å²) in [6.45, 7) is 6.37. The highest BCUT2D eigenvalue weighted by molar-refractivity contribution is 5.62. The molecule has 0 saturated carbocycles. The largest absolute Gasteiger partial charge is 0.488 e. The van der Waals surface area contributed by atoms with Crippen LogP contribution in [-0.4, -0.2) is 0 Å². The topological polar surface area (TPSA) is 9.23 Å². The molecule has 0 aliphatic heterocycles. The Morgan fingerprint density at radius 2 is 1.84 bits per heavy atom. The van der Waals surface area contributed by atoms with Crippen molar-refractivity contribution >= 4 is 6.08 Å². The Morgan fingerprint density at radius 1 is 1.05 bits per heavy atom. The average molecular weight is 250 g/mol. The van der Waals surface area contributed by atoms with Gasteiger partial charge in [0.25, 0.3) is 0 Å². The van der Waals surface area contributed by atoms with Crippen molar-refractivity contribution in [3.8, 4) is 5.75 Å². The quantitative estimate of drug-likeness (QED) is 0.694. The summed E-state index contributed by atoms with van der Waals surface area (Å²) in [5.41, 5.74) is 3.48. The van der Waals surface area contributed by atoms with Crippen molar-refractivity contribution < 1.29 is 4.74 Å². The van der Waals surface area contributed by atoms with Crippen LogP contribution in [-0.2, 0) is 6.61 Å². The first-order valence-corrected chi connectivity index (χ1v) is 6.36. The maximum atomic E-state index is 5.92. The van der Waals surface area contributed by atoms with Crippen molar-refractivity contribution in [3.05, 3.63) is 84.0 Å². The molecule has 0 unspecified atom stereocenters. The molecule has 19 heavy (non-hydrogen) atoms. The van der Waals surface area contributed by atoms with E-state index in [0.717, 1.165) is 11.3 Å². The van der Waals surface area contributed by atoms with E-state index in [-0.39, 0.29) is 0 Å². The molecule has 0 spiro atoms.